The fourth-order valence-electron chi connectivity index (χ4n) is 2.92. The van der Waals surface area contributed by atoms with E-state index in [1.807, 2.05) is 6.07 Å². The SMILES string of the molecule is CCCNC(c1ccc(Br)o1)C1CC1c1ccccc1. The maximum Gasteiger partial charge on any atom is 0.169 e. The molecular formula is C17H20BrNO. The van der Waals surface area contributed by atoms with Crippen LogP contribution in [0.25, 0.3) is 0 Å². The van der Waals surface area contributed by atoms with E-state index in [-0.39, 0.29) is 0 Å². The van der Waals surface area contributed by atoms with Gasteiger partial charge in [-0.05, 0) is 64.8 Å². The predicted octanol–water partition coefficient (Wildman–Crippen LogP) is 4.89. The van der Waals surface area contributed by atoms with E-state index in [2.05, 4.69) is 64.6 Å². The van der Waals surface area contributed by atoms with Gasteiger partial charge in [-0.1, -0.05) is 37.3 Å². The summed E-state index contributed by atoms with van der Waals surface area (Å²) in [4.78, 5) is 0. The molecule has 1 aromatic heterocycles. The van der Waals surface area contributed by atoms with Gasteiger partial charge in [-0.2, -0.15) is 0 Å². The lowest BCUT2D eigenvalue weighted by atomic mass is 10.0. The third-order valence-electron chi connectivity index (χ3n) is 4.01. The summed E-state index contributed by atoms with van der Waals surface area (Å²) in [7, 11) is 0. The molecule has 3 rings (SSSR count). The molecule has 0 radical (unpaired) electrons. The number of benzene rings is 1. The number of hydrogen-bond donors (Lipinski definition) is 1. The first-order chi connectivity index (χ1) is 9.79. The topological polar surface area (TPSA) is 25.2 Å². The molecule has 1 aromatic carbocycles. The molecule has 2 aromatic rings. The summed E-state index contributed by atoms with van der Waals surface area (Å²) in [6, 6.07) is 15.2. The first kappa shape index (κ1) is 13.9. The second kappa shape index (κ2) is 6.15. The Hall–Kier alpha value is -1.06. The van der Waals surface area contributed by atoms with Gasteiger partial charge in [0.15, 0.2) is 4.67 Å². The van der Waals surface area contributed by atoms with E-state index in [0.29, 0.717) is 17.9 Å². The van der Waals surface area contributed by atoms with Gasteiger partial charge in [-0.25, -0.2) is 0 Å². The van der Waals surface area contributed by atoms with Crippen LogP contribution in [0.4, 0.5) is 0 Å². The van der Waals surface area contributed by atoms with E-state index in [0.717, 1.165) is 23.4 Å². The van der Waals surface area contributed by atoms with Crippen LogP contribution in [0.1, 0.15) is 43.0 Å². The Bertz CT molecular complexity index is 551. The first-order valence-electron chi connectivity index (χ1n) is 7.33. The Morgan fingerprint density at radius 1 is 1.25 bits per heavy atom. The second-order valence-corrected chi connectivity index (χ2v) is 6.27. The Kier molecular flexibility index (Phi) is 4.27. The molecule has 20 heavy (non-hydrogen) atoms. The third kappa shape index (κ3) is 2.99. The molecule has 2 nitrogen and oxygen atoms in total. The Labute approximate surface area is 128 Å². The van der Waals surface area contributed by atoms with Gasteiger partial charge in [0.25, 0.3) is 0 Å². The smallest absolute Gasteiger partial charge is 0.169 e. The maximum atomic E-state index is 5.78. The monoisotopic (exact) mass is 333 g/mol. The van der Waals surface area contributed by atoms with Crippen LogP contribution in [-0.2, 0) is 0 Å². The van der Waals surface area contributed by atoms with E-state index in [9.17, 15) is 0 Å². The Morgan fingerprint density at radius 2 is 2.05 bits per heavy atom. The molecule has 3 heteroatoms. The highest BCUT2D eigenvalue weighted by molar-refractivity contribution is 9.10. The highest BCUT2D eigenvalue weighted by atomic mass is 79.9. The molecule has 3 unspecified atom stereocenters. The van der Waals surface area contributed by atoms with Crippen molar-refractivity contribution in [3.8, 4) is 0 Å². The van der Waals surface area contributed by atoms with Crippen molar-refractivity contribution >= 4 is 15.9 Å². The molecule has 106 valence electrons. The minimum absolute atomic E-state index is 0.325. The van der Waals surface area contributed by atoms with E-state index < -0.39 is 0 Å². The van der Waals surface area contributed by atoms with Gasteiger partial charge in [-0.15, -0.1) is 0 Å². The Morgan fingerprint density at radius 3 is 2.70 bits per heavy atom. The van der Waals surface area contributed by atoms with Crippen LogP contribution in [0.15, 0.2) is 51.6 Å². The van der Waals surface area contributed by atoms with E-state index in [4.69, 9.17) is 4.42 Å². The normalized spacial score (nSPS) is 22.7. The second-order valence-electron chi connectivity index (χ2n) is 5.49. The lowest BCUT2D eigenvalue weighted by Gasteiger charge is -2.16. The number of furan rings is 1. The lowest BCUT2D eigenvalue weighted by Crippen LogP contribution is -2.24. The first-order valence-corrected chi connectivity index (χ1v) is 8.12. The van der Waals surface area contributed by atoms with Gasteiger partial charge in [0.2, 0.25) is 0 Å². The van der Waals surface area contributed by atoms with Crippen LogP contribution >= 0.6 is 15.9 Å². The number of nitrogens with one attached hydrogen (secondary N) is 1. The standard InChI is InChI=1S/C17H20BrNO/c1-2-10-19-17(15-8-9-16(18)20-15)14-11-13(14)12-6-4-3-5-7-12/h3-9,13-14,17,19H,2,10-11H2,1H3. The summed E-state index contributed by atoms with van der Waals surface area (Å²) >= 11 is 3.40. The molecule has 0 aliphatic heterocycles. The van der Waals surface area contributed by atoms with Gasteiger partial charge in [0.05, 0.1) is 6.04 Å². The molecule has 1 aliphatic rings. The third-order valence-corrected chi connectivity index (χ3v) is 4.44. The zero-order chi connectivity index (χ0) is 13.9. The predicted molar refractivity (Wildman–Crippen MR) is 84.7 cm³/mol. The molecule has 0 saturated heterocycles. The van der Waals surface area contributed by atoms with Crippen molar-refractivity contribution in [2.24, 2.45) is 5.92 Å². The summed E-state index contributed by atoms with van der Waals surface area (Å²) in [6.07, 6.45) is 2.38. The van der Waals surface area contributed by atoms with Crippen molar-refractivity contribution in [3.05, 3.63) is 58.5 Å². The molecule has 1 heterocycles. The van der Waals surface area contributed by atoms with Crippen LogP contribution in [0, 0.1) is 5.92 Å². The summed E-state index contributed by atoms with van der Waals surface area (Å²) in [6.45, 7) is 3.23. The van der Waals surface area contributed by atoms with Gasteiger partial charge < -0.3 is 9.73 Å². The number of rotatable bonds is 6. The summed E-state index contributed by atoms with van der Waals surface area (Å²) in [5.41, 5.74) is 1.45. The van der Waals surface area contributed by atoms with Crippen molar-refractivity contribution in [2.75, 3.05) is 6.54 Å². The summed E-state index contributed by atoms with van der Waals surface area (Å²) < 4.78 is 6.60. The fraction of sp³-hybridized carbons (Fsp3) is 0.412. The molecule has 1 saturated carbocycles. The molecule has 0 spiro atoms. The number of halogens is 1. The molecule has 0 bridgehead atoms. The minimum Gasteiger partial charge on any atom is -0.453 e. The zero-order valence-corrected chi connectivity index (χ0v) is 13.3. The number of hydrogen-bond acceptors (Lipinski definition) is 2. The van der Waals surface area contributed by atoms with Crippen molar-refractivity contribution in [2.45, 2.75) is 31.7 Å². The summed E-state index contributed by atoms with van der Waals surface area (Å²) in [5.74, 6) is 2.35. The van der Waals surface area contributed by atoms with Gasteiger partial charge in [0.1, 0.15) is 5.76 Å². The average Bonchev–Trinajstić information content (AvgIpc) is 3.15. The maximum absolute atomic E-state index is 5.78. The molecular weight excluding hydrogens is 314 g/mol. The largest absolute Gasteiger partial charge is 0.453 e. The van der Waals surface area contributed by atoms with Gasteiger partial charge in [-0.3, -0.25) is 0 Å². The van der Waals surface area contributed by atoms with E-state index >= 15 is 0 Å². The van der Waals surface area contributed by atoms with Crippen LogP contribution < -0.4 is 5.32 Å². The summed E-state index contributed by atoms with van der Waals surface area (Å²) in [5, 5.41) is 3.65. The molecule has 1 fully saturated rings. The van der Waals surface area contributed by atoms with Crippen LogP contribution in [-0.4, -0.2) is 6.54 Å². The van der Waals surface area contributed by atoms with Gasteiger partial charge in [0, 0.05) is 0 Å². The van der Waals surface area contributed by atoms with Crippen molar-refractivity contribution in [1.82, 2.24) is 5.32 Å². The average molecular weight is 334 g/mol. The highest BCUT2D eigenvalue weighted by Crippen LogP contribution is 2.54. The Balaban J connectivity index is 1.74. The van der Waals surface area contributed by atoms with Crippen molar-refractivity contribution in [3.63, 3.8) is 0 Å². The van der Waals surface area contributed by atoms with Crippen molar-refractivity contribution < 1.29 is 4.42 Å². The molecule has 3 atom stereocenters. The molecule has 0 amide bonds. The van der Waals surface area contributed by atoms with Crippen LogP contribution in [0.2, 0.25) is 0 Å². The fourth-order valence-corrected chi connectivity index (χ4v) is 3.24. The van der Waals surface area contributed by atoms with Gasteiger partial charge >= 0.3 is 0 Å². The zero-order valence-electron chi connectivity index (χ0n) is 11.7. The van der Waals surface area contributed by atoms with Crippen LogP contribution in [0.3, 0.4) is 0 Å². The molecule has 1 N–H and O–H groups in total. The van der Waals surface area contributed by atoms with E-state index in [1.54, 1.807) is 0 Å². The highest BCUT2D eigenvalue weighted by Gasteiger charge is 2.45. The van der Waals surface area contributed by atoms with Crippen LogP contribution in [0.5, 0.6) is 0 Å². The molecule has 1 aliphatic carbocycles. The van der Waals surface area contributed by atoms with E-state index in [1.165, 1.54) is 12.0 Å². The van der Waals surface area contributed by atoms with Crippen molar-refractivity contribution in [1.29, 1.82) is 0 Å². The minimum atomic E-state index is 0.325. The quantitative estimate of drug-likeness (QED) is 0.814. The lowest BCUT2D eigenvalue weighted by molar-refractivity contribution is 0.371.